The zero-order chi connectivity index (χ0) is 38.6. The molecule has 59 heavy (non-hydrogen) atoms. The van der Waals surface area contributed by atoms with Gasteiger partial charge in [-0.05, 0) is 80.6 Å². The summed E-state index contributed by atoms with van der Waals surface area (Å²) in [4.78, 5) is 13.9. The predicted octanol–water partition coefficient (Wildman–Crippen LogP) is 16.6. The minimum atomic E-state index is 0.927. The van der Waals surface area contributed by atoms with Crippen LogP contribution in [0.15, 0.2) is 182 Å². The van der Waals surface area contributed by atoms with Gasteiger partial charge in [-0.25, -0.2) is 9.97 Å². The highest BCUT2D eigenvalue weighted by Gasteiger charge is 2.23. The first-order chi connectivity index (χ1) is 29.2. The molecule has 2 nitrogen and oxygen atoms in total. The Hall–Kier alpha value is -6.76. The summed E-state index contributed by atoms with van der Waals surface area (Å²) in [7, 11) is 0. The second kappa shape index (κ2) is 12.9. The van der Waals surface area contributed by atoms with Gasteiger partial charge in [-0.15, -0.1) is 34.0 Å². The molecule has 0 aliphatic carbocycles. The monoisotopic (exact) mass is 802 g/mol. The van der Waals surface area contributed by atoms with Gasteiger partial charge in [-0.3, -0.25) is 0 Å². The van der Waals surface area contributed by atoms with Crippen molar-refractivity contribution in [3.05, 3.63) is 182 Å². The van der Waals surface area contributed by atoms with E-state index in [1.807, 2.05) is 34.0 Å². The molecule has 4 heterocycles. The SMILES string of the molecule is c1ccc(-c2ccc3c4ccc(-c5ccccc5)cc4c4nc5c(-c6ccc7c(c6)sc6ccccc67)sc(-c6ccc7c(c6)sc6ccccc67)c5nc4c3c2)cc1. The number of nitrogens with zero attached hydrogens (tertiary/aromatic N) is 2. The van der Waals surface area contributed by atoms with Gasteiger partial charge in [-0.2, -0.15) is 0 Å². The molecule has 0 N–H and O–H groups in total. The molecule has 0 saturated carbocycles. The molecule has 5 heteroatoms. The molecular weight excluding hydrogens is 773 g/mol. The van der Waals surface area contributed by atoms with Crippen LogP contribution in [0, 0.1) is 0 Å². The molecule has 13 aromatic rings. The van der Waals surface area contributed by atoms with Gasteiger partial charge in [-0.1, -0.05) is 146 Å². The molecule has 0 bridgehead atoms. The van der Waals surface area contributed by atoms with Crippen molar-refractivity contribution >= 4 is 118 Å². The molecule has 9 aromatic carbocycles. The Morgan fingerprint density at radius 3 is 1.10 bits per heavy atom. The smallest absolute Gasteiger partial charge is 0.109 e. The maximum absolute atomic E-state index is 5.79. The second-order valence-electron chi connectivity index (χ2n) is 15.2. The van der Waals surface area contributed by atoms with Crippen LogP contribution in [0.3, 0.4) is 0 Å². The largest absolute Gasteiger partial charge is 0.242 e. The Bertz CT molecular complexity index is 3590. The molecule has 0 amide bonds. The van der Waals surface area contributed by atoms with Crippen molar-refractivity contribution in [2.75, 3.05) is 0 Å². The lowest BCUT2D eigenvalue weighted by Gasteiger charge is -2.13. The summed E-state index contributed by atoms with van der Waals surface area (Å²) in [6, 6.07) is 66.4. The number of aromatic nitrogens is 2. The number of benzene rings is 9. The number of hydrogen-bond acceptors (Lipinski definition) is 5. The standard InChI is InChI=1S/C54H30N2S3/c1-3-11-31(12-4-1)33-19-23-37-38-24-20-34(32-13-5-2-6-14-32)28-44(38)50-49(43(37)27-33)55-51-52(56-50)54(36-22-26-42-40-16-8-10-18-46(40)58-48(42)30-36)59-53(51)35-21-25-41-39-15-7-9-17-45(39)57-47(41)29-35/h1-30H. The predicted molar refractivity (Wildman–Crippen MR) is 257 cm³/mol. The second-order valence-corrected chi connectivity index (χ2v) is 18.4. The van der Waals surface area contributed by atoms with Crippen LogP contribution in [-0.2, 0) is 0 Å². The van der Waals surface area contributed by atoms with Crippen LogP contribution in [0.1, 0.15) is 0 Å². The van der Waals surface area contributed by atoms with Gasteiger partial charge < -0.3 is 0 Å². The fourth-order valence-corrected chi connectivity index (χ4v) is 12.5. The molecule has 0 unspecified atom stereocenters. The number of thiophene rings is 3. The Labute approximate surface area is 350 Å². The quantitative estimate of drug-likeness (QED) is 0.166. The van der Waals surface area contributed by atoms with E-state index in [1.165, 1.54) is 84.5 Å². The molecule has 0 radical (unpaired) electrons. The number of hydrogen-bond donors (Lipinski definition) is 0. The summed E-state index contributed by atoms with van der Waals surface area (Å²) in [5.74, 6) is 0. The molecule has 13 rings (SSSR count). The van der Waals surface area contributed by atoms with Gasteiger partial charge in [0.1, 0.15) is 11.0 Å². The lowest BCUT2D eigenvalue weighted by atomic mass is 9.93. The topological polar surface area (TPSA) is 25.8 Å². The summed E-state index contributed by atoms with van der Waals surface area (Å²) < 4.78 is 5.18. The third-order valence-corrected chi connectivity index (χ3v) is 15.4. The third-order valence-electron chi connectivity index (χ3n) is 11.9. The molecule has 0 aliphatic rings. The van der Waals surface area contributed by atoms with Crippen LogP contribution >= 0.6 is 34.0 Å². The van der Waals surface area contributed by atoms with E-state index in [0.29, 0.717) is 0 Å². The van der Waals surface area contributed by atoms with E-state index >= 15 is 0 Å². The minimum absolute atomic E-state index is 0.927. The molecule has 4 aromatic heterocycles. The van der Waals surface area contributed by atoms with Gasteiger partial charge in [0.15, 0.2) is 0 Å². The molecule has 0 atom stereocenters. The maximum atomic E-state index is 5.79. The highest BCUT2D eigenvalue weighted by molar-refractivity contribution is 7.26. The van der Waals surface area contributed by atoms with Gasteiger partial charge >= 0.3 is 0 Å². The first-order valence-electron chi connectivity index (χ1n) is 19.8. The van der Waals surface area contributed by atoms with Crippen molar-refractivity contribution in [3.8, 4) is 43.1 Å². The third kappa shape index (κ3) is 5.16. The van der Waals surface area contributed by atoms with Crippen LogP contribution in [0.4, 0.5) is 0 Å². The average Bonchev–Trinajstić information content (AvgIpc) is 3.99. The highest BCUT2D eigenvalue weighted by atomic mass is 32.1. The van der Waals surface area contributed by atoms with Crippen molar-refractivity contribution in [1.29, 1.82) is 0 Å². The van der Waals surface area contributed by atoms with Crippen LogP contribution in [0.25, 0.3) is 127 Å². The van der Waals surface area contributed by atoms with Gasteiger partial charge in [0.05, 0.1) is 20.8 Å². The highest BCUT2D eigenvalue weighted by Crippen LogP contribution is 2.48. The molecule has 274 valence electrons. The molecule has 0 aliphatic heterocycles. The Kier molecular flexibility index (Phi) is 7.25. The Morgan fingerprint density at radius 2 is 0.627 bits per heavy atom. The van der Waals surface area contributed by atoms with Crippen molar-refractivity contribution in [2.24, 2.45) is 0 Å². The Morgan fingerprint density at radius 1 is 0.237 bits per heavy atom. The van der Waals surface area contributed by atoms with Crippen molar-refractivity contribution in [1.82, 2.24) is 9.97 Å². The molecular formula is C54H30N2S3. The van der Waals surface area contributed by atoms with E-state index in [1.54, 1.807) is 0 Å². The first kappa shape index (κ1) is 33.2. The van der Waals surface area contributed by atoms with E-state index in [-0.39, 0.29) is 0 Å². The fourth-order valence-electron chi connectivity index (χ4n) is 9.02. The summed E-state index contributed by atoms with van der Waals surface area (Å²) in [5, 5.41) is 9.78. The van der Waals surface area contributed by atoms with Crippen molar-refractivity contribution < 1.29 is 0 Å². The van der Waals surface area contributed by atoms with Crippen LogP contribution in [-0.4, -0.2) is 9.97 Å². The molecule has 0 spiro atoms. The van der Waals surface area contributed by atoms with E-state index in [4.69, 9.17) is 9.97 Å². The van der Waals surface area contributed by atoms with E-state index in [9.17, 15) is 0 Å². The summed E-state index contributed by atoms with van der Waals surface area (Å²) in [6.45, 7) is 0. The average molecular weight is 803 g/mol. The summed E-state index contributed by atoms with van der Waals surface area (Å²) in [5.41, 5.74) is 10.8. The minimum Gasteiger partial charge on any atom is -0.242 e. The van der Waals surface area contributed by atoms with Gasteiger partial charge in [0, 0.05) is 51.1 Å². The van der Waals surface area contributed by atoms with E-state index in [0.717, 1.165) is 42.6 Å². The summed E-state index contributed by atoms with van der Waals surface area (Å²) in [6.07, 6.45) is 0. The molecule has 0 fully saturated rings. The van der Waals surface area contributed by atoms with Crippen LogP contribution in [0.5, 0.6) is 0 Å². The van der Waals surface area contributed by atoms with Crippen LogP contribution < -0.4 is 0 Å². The van der Waals surface area contributed by atoms with Gasteiger partial charge in [0.25, 0.3) is 0 Å². The normalized spacial score (nSPS) is 12.1. The number of fused-ring (bicyclic) bond motifs is 13. The Balaban J connectivity index is 1.15. The van der Waals surface area contributed by atoms with E-state index < -0.39 is 0 Å². The first-order valence-corrected chi connectivity index (χ1v) is 22.2. The number of rotatable bonds is 4. The van der Waals surface area contributed by atoms with Crippen LogP contribution in [0.2, 0.25) is 0 Å². The molecule has 0 saturated heterocycles. The van der Waals surface area contributed by atoms with Gasteiger partial charge in [0.2, 0.25) is 0 Å². The zero-order valence-corrected chi connectivity index (χ0v) is 33.9. The van der Waals surface area contributed by atoms with Crippen molar-refractivity contribution in [3.63, 3.8) is 0 Å². The van der Waals surface area contributed by atoms with Crippen molar-refractivity contribution in [2.45, 2.75) is 0 Å². The lowest BCUT2D eigenvalue weighted by Crippen LogP contribution is -1.93. The fraction of sp³-hybridized carbons (Fsp3) is 0. The van der Waals surface area contributed by atoms with E-state index in [2.05, 4.69) is 182 Å². The summed E-state index contributed by atoms with van der Waals surface area (Å²) >= 11 is 5.53. The zero-order valence-electron chi connectivity index (χ0n) is 31.4. The maximum Gasteiger partial charge on any atom is 0.109 e. The lowest BCUT2D eigenvalue weighted by molar-refractivity contribution is 1.44.